The molecule has 0 radical (unpaired) electrons. The summed E-state index contributed by atoms with van der Waals surface area (Å²) in [5.41, 5.74) is -0.218. The fourth-order valence-electron chi connectivity index (χ4n) is 1.75. The SMILES string of the molecule is CC(C)C1(CNC(=O)OC(C)(C)C)CNC1. The van der Waals surface area contributed by atoms with Gasteiger partial charge in [-0.15, -0.1) is 0 Å². The van der Waals surface area contributed by atoms with Crippen molar-refractivity contribution in [3.8, 4) is 0 Å². The molecule has 16 heavy (non-hydrogen) atoms. The van der Waals surface area contributed by atoms with Crippen LogP contribution in [0.25, 0.3) is 0 Å². The quantitative estimate of drug-likeness (QED) is 0.774. The Morgan fingerprint density at radius 2 is 2.00 bits per heavy atom. The molecule has 1 fully saturated rings. The van der Waals surface area contributed by atoms with Gasteiger partial charge in [0.05, 0.1) is 0 Å². The van der Waals surface area contributed by atoms with Crippen LogP contribution in [0, 0.1) is 11.3 Å². The van der Waals surface area contributed by atoms with Crippen molar-refractivity contribution in [2.45, 2.75) is 40.2 Å². The number of hydrogen-bond acceptors (Lipinski definition) is 3. The van der Waals surface area contributed by atoms with Gasteiger partial charge in [0.1, 0.15) is 5.60 Å². The molecule has 1 saturated heterocycles. The van der Waals surface area contributed by atoms with Crippen LogP contribution in [0.3, 0.4) is 0 Å². The summed E-state index contributed by atoms with van der Waals surface area (Å²) in [6.45, 7) is 12.6. The highest BCUT2D eigenvalue weighted by atomic mass is 16.6. The molecule has 0 atom stereocenters. The molecule has 1 rings (SSSR count). The molecule has 0 bridgehead atoms. The third-order valence-corrected chi connectivity index (χ3v) is 3.16. The largest absolute Gasteiger partial charge is 0.444 e. The Hall–Kier alpha value is -0.770. The number of hydrogen-bond donors (Lipinski definition) is 2. The van der Waals surface area contributed by atoms with E-state index < -0.39 is 5.60 Å². The second-order valence-electron chi connectivity index (χ2n) is 5.98. The van der Waals surface area contributed by atoms with Crippen molar-refractivity contribution in [1.29, 1.82) is 0 Å². The Balaban J connectivity index is 2.36. The van der Waals surface area contributed by atoms with Crippen LogP contribution in [-0.4, -0.2) is 31.3 Å². The van der Waals surface area contributed by atoms with E-state index in [9.17, 15) is 4.79 Å². The monoisotopic (exact) mass is 228 g/mol. The minimum Gasteiger partial charge on any atom is -0.444 e. The molecule has 1 aliphatic heterocycles. The molecule has 2 N–H and O–H groups in total. The Kier molecular flexibility index (Phi) is 3.84. The van der Waals surface area contributed by atoms with Gasteiger partial charge in [-0.2, -0.15) is 0 Å². The number of amides is 1. The summed E-state index contributed by atoms with van der Waals surface area (Å²) in [5, 5.41) is 6.13. The molecule has 0 aromatic rings. The zero-order chi connectivity index (χ0) is 12.4. The predicted octanol–water partition coefficient (Wildman–Crippen LogP) is 1.76. The maximum atomic E-state index is 11.5. The highest BCUT2D eigenvalue weighted by Crippen LogP contribution is 2.30. The molecule has 4 heteroatoms. The molecule has 0 saturated carbocycles. The average Bonchev–Trinajstić information content (AvgIpc) is 1.97. The summed E-state index contributed by atoms with van der Waals surface area (Å²) >= 11 is 0. The van der Waals surface area contributed by atoms with Crippen molar-refractivity contribution in [3.05, 3.63) is 0 Å². The third-order valence-electron chi connectivity index (χ3n) is 3.16. The summed E-state index contributed by atoms with van der Waals surface area (Å²) in [6.07, 6.45) is -0.320. The average molecular weight is 228 g/mol. The number of rotatable bonds is 3. The first-order chi connectivity index (χ1) is 7.25. The molecular formula is C12H24N2O2. The van der Waals surface area contributed by atoms with Gasteiger partial charge in [0.25, 0.3) is 0 Å². The molecule has 1 heterocycles. The first kappa shape index (κ1) is 13.3. The van der Waals surface area contributed by atoms with E-state index in [4.69, 9.17) is 4.74 Å². The lowest BCUT2D eigenvalue weighted by Gasteiger charge is -2.46. The van der Waals surface area contributed by atoms with E-state index in [1.165, 1.54) is 0 Å². The van der Waals surface area contributed by atoms with Crippen LogP contribution in [-0.2, 0) is 4.74 Å². The van der Waals surface area contributed by atoms with Gasteiger partial charge < -0.3 is 15.4 Å². The smallest absolute Gasteiger partial charge is 0.407 e. The Labute approximate surface area is 98.1 Å². The molecule has 0 aromatic heterocycles. The van der Waals surface area contributed by atoms with Crippen LogP contribution in [0.4, 0.5) is 4.79 Å². The van der Waals surface area contributed by atoms with E-state index in [0.717, 1.165) is 13.1 Å². The molecule has 1 aliphatic rings. The summed E-state index contributed by atoms with van der Waals surface area (Å²) in [7, 11) is 0. The zero-order valence-corrected chi connectivity index (χ0v) is 11.0. The standard InChI is InChI=1S/C12H24N2O2/c1-9(2)12(6-13-7-12)8-14-10(15)16-11(3,4)5/h9,13H,6-8H2,1-5H3,(H,14,15). The van der Waals surface area contributed by atoms with E-state index >= 15 is 0 Å². The van der Waals surface area contributed by atoms with Crippen LogP contribution in [0.1, 0.15) is 34.6 Å². The molecule has 0 aromatic carbocycles. The molecule has 0 unspecified atom stereocenters. The lowest BCUT2D eigenvalue weighted by molar-refractivity contribution is 0.0419. The number of carbonyl (C=O) groups is 1. The van der Waals surface area contributed by atoms with Crippen LogP contribution < -0.4 is 10.6 Å². The van der Waals surface area contributed by atoms with Crippen molar-refractivity contribution in [2.75, 3.05) is 19.6 Å². The normalized spacial score (nSPS) is 19.1. The van der Waals surface area contributed by atoms with Crippen LogP contribution >= 0.6 is 0 Å². The van der Waals surface area contributed by atoms with Crippen molar-refractivity contribution in [3.63, 3.8) is 0 Å². The molecule has 94 valence electrons. The zero-order valence-electron chi connectivity index (χ0n) is 11.0. The maximum absolute atomic E-state index is 11.5. The van der Waals surface area contributed by atoms with Crippen molar-refractivity contribution in [1.82, 2.24) is 10.6 Å². The van der Waals surface area contributed by atoms with Gasteiger partial charge in [-0.3, -0.25) is 0 Å². The number of ether oxygens (including phenoxy) is 1. The predicted molar refractivity (Wildman–Crippen MR) is 64.4 cm³/mol. The lowest BCUT2D eigenvalue weighted by Crippen LogP contribution is -2.61. The van der Waals surface area contributed by atoms with Crippen molar-refractivity contribution >= 4 is 6.09 Å². The fraction of sp³-hybridized carbons (Fsp3) is 0.917. The highest BCUT2D eigenvalue weighted by molar-refractivity contribution is 5.67. The van der Waals surface area contributed by atoms with Gasteiger partial charge in [-0.1, -0.05) is 13.8 Å². The van der Waals surface area contributed by atoms with Gasteiger partial charge in [-0.25, -0.2) is 4.79 Å². The maximum Gasteiger partial charge on any atom is 0.407 e. The van der Waals surface area contributed by atoms with Crippen molar-refractivity contribution in [2.24, 2.45) is 11.3 Å². The van der Waals surface area contributed by atoms with Crippen LogP contribution in [0.15, 0.2) is 0 Å². The van der Waals surface area contributed by atoms with E-state index in [1.54, 1.807) is 0 Å². The molecule has 0 aliphatic carbocycles. The molecule has 4 nitrogen and oxygen atoms in total. The Bertz CT molecular complexity index is 252. The second kappa shape index (κ2) is 4.62. The van der Waals surface area contributed by atoms with Crippen LogP contribution in [0.2, 0.25) is 0 Å². The van der Waals surface area contributed by atoms with Crippen LogP contribution in [0.5, 0.6) is 0 Å². The number of carbonyl (C=O) groups excluding carboxylic acids is 1. The first-order valence-corrected chi connectivity index (χ1v) is 5.93. The fourth-order valence-corrected chi connectivity index (χ4v) is 1.75. The van der Waals surface area contributed by atoms with Gasteiger partial charge in [0.2, 0.25) is 0 Å². The van der Waals surface area contributed by atoms with Crippen molar-refractivity contribution < 1.29 is 9.53 Å². The summed E-state index contributed by atoms with van der Waals surface area (Å²) in [6, 6.07) is 0. The topological polar surface area (TPSA) is 50.4 Å². The third kappa shape index (κ3) is 3.37. The summed E-state index contributed by atoms with van der Waals surface area (Å²) < 4.78 is 5.21. The van der Waals surface area contributed by atoms with Gasteiger partial charge in [0, 0.05) is 25.0 Å². The number of nitrogens with one attached hydrogen (secondary N) is 2. The minimum absolute atomic E-state index is 0.205. The Morgan fingerprint density at radius 1 is 1.44 bits per heavy atom. The highest BCUT2D eigenvalue weighted by Gasteiger charge is 2.40. The van der Waals surface area contributed by atoms with Gasteiger partial charge in [0.15, 0.2) is 0 Å². The van der Waals surface area contributed by atoms with E-state index in [1.807, 2.05) is 20.8 Å². The van der Waals surface area contributed by atoms with Gasteiger partial charge >= 0.3 is 6.09 Å². The summed E-state index contributed by atoms with van der Waals surface area (Å²) in [4.78, 5) is 11.5. The lowest BCUT2D eigenvalue weighted by atomic mass is 9.72. The molecule has 1 amide bonds. The summed E-state index contributed by atoms with van der Waals surface area (Å²) in [5.74, 6) is 0.559. The molecular weight excluding hydrogens is 204 g/mol. The Morgan fingerprint density at radius 3 is 2.31 bits per heavy atom. The van der Waals surface area contributed by atoms with E-state index in [2.05, 4.69) is 24.5 Å². The first-order valence-electron chi connectivity index (χ1n) is 5.93. The minimum atomic E-state index is -0.424. The van der Waals surface area contributed by atoms with Gasteiger partial charge in [-0.05, 0) is 26.7 Å². The number of alkyl carbamates (subject to hydrolysis) is 1. The molecule has 0 spiro atoms. The van der Waals surface area contributed by atoms with E-state index in [0.29, 0.717) is 12.5 Å². The second-order valence-corrected chi connectivity index (χ2v) is 5.98. The van der Waals surface area contributed by atoms with E-state index in [-0.39, 0.29) is 11.5 Å².